The summed E-state index contributed by atoms with van der Waals surface area (Å²) in [5.41, 5.74) is 0. The van der Waals surface area contributed by atoms with Gasteiger partial charge in [0.1, 0.15) is 0 Å². The number of guanidine groups is 1. The normalized spacial score (nSPS) is 10.6. The lowest BCUT2D eigenvalue weighted by Gasteiger charge is -2.11. The van der Waals surface area contributed by atoms with Gasteiger partial charge in [-0.1, -0.05) is 0 Å². The number of rotatable bonds is 7. The molecule has 0 bridgehead atoms. The van der Waals surface area contributed by atoms with Gasteiger partial charge in [-0.05, 0) is 18.4 Å². The minimum atomic E-state index is -0.211. The highest BCUT2D eigenvalue weighted by Crippen LogP contribution is 1.98. The van der Waals surface area contributed by atoms with Gasteiger partial charge in [-0.2, -0.15) is 11.8 Å². The molecule has 0 aliphatic carbocycles. The van der Waals surface area contributed by atoms with Crippen molar-refractivity contribution >= 4 is 47.6 Å². The summed E-state index contributed by atoms with van der Waals surface area (Å²) in [6.45, 7) is 1.97. The van der Waals surface area contributed by atoms with Gasteiger partial charge < -0.3 is 20.4 Å². The molecule has 0 unspecified atom stereocenters. The molecule has 1 heterocycles. The Labute approximate surface area is 140 Å². The molecule has 0 aliphatic rings. The van der Waals surface area contributed by atoms with Crippen molar-refractivity contribution < 1.29 is 9.21 Å². The smallest absolute Gasteiger partial charge is 0.287 e. The zero-order valence-corrected chi connectivity index (χ0v) is 14.8. The number of nitrogens with zero attached hydrogens (tertiary/aromatic N) is 1. The van der Waals surface area contributed by atoms with Crippen LogP contribution in [0.3, 0.4) is 0 Å². The van der Waals surface area contributed by atoms with E-state index >= 15 is 0 Å². The van der Waals surface area contributed by atoms with Crippen LogP contribution in [-0.4, -0.2) is 50.6 Å². The Morgan fingerprint density at radius 1 is 1.30 bits per heavy atom. The van der Waals surface area contributed by atoms with Crippen molar-refractivity contribution in [1.82, 2.24) is 16.0 Å². The summed E-state index contributed by atoms with van der Waals surface area (Å²) in [6, 6.07) is 3.32. The fourth-order valence-electron chi connectivity index (χ4n) is 1.34. The van der Waals surface area contributed by atoms with E-state index in [9.17, 15) is 4.79 Å². The van der Waals surface area contributed by atoms with Crippen molar-refractivity contribution in [2.45, 2.75) is 0 Å². The molecule has 0 radical (unpaired) electrons. The molecule has 1 aromatic rings. The summed E-state index contributed by atoms with van der Waals surface area (Å²) in [5.74, 6) is 1.87. The minimum Gasteiger partial charge on any atom is -0.459 e. The zero-order valence-electron chi connectivity index (χ0n) is 11.6. The molecule has 0 saturated heterocycles. The maximum atomic E-state index is 11.5. The van der Waals surface area contributed by atoms with Crippen LogP contribution in [0.2, 0.25) is 0 Å². The second-order valence-corrected chi connectivity index (χ2v) is 4.64. The van der Waals surface area contributed by atoms with Crippen LogP contribution in [0.25, 0.3) is 0 Å². The van der Waals surface area contributed by atoms with Crippen LogP contribution in [0, 0.1) is 0 Å². The van der Waals surface area contributed by atoms with Gasteiger partial charge in [-0.25, -0.2) is 0 Å². The van der Waals surface area contributed by atoms with Crippen LogP contribution in [-0.2, 0) is 0 Å². The van der Waals surface area contributed by atoms with Crippen molar-refractivity contribution in [2.75, 3.05) is 38.7 Å². The highest BCUT2D eigenvalue weighted by Gasteiger charge is 2.06. The second-order valence-electron chi connectivity index (χ2n) is 3.65. The summed E-state index contributed by atoms with van der Waals surface area (Å²) in [6.07, 6.45) is 3.53. The molecule has 6 nitrogen and oxygen atoms in total. The molecular weight excluding hydrogens is 391 g/mol. The molecule has 0 aliphatic heterocycles. The summed E-state index contributed by atoms with van der Waals surface area (Å²) in [7, 11) is 1.72. The number of nitrogens with one attached hydrogen (secondary N) is 3. The van der Waals surface area contributed by atoms with Gasteiger partial charge >= 0.3 is 0 Å². The third-order valence-electron chi connectivity index (χ3n) is 2.27. The number of carbonyl (C=O) groups is 1. The van der Waals surface area contributed by atoms with Crippen LogP contribution in [0.15, 0.2) is 27.8 Å². The molecule has 0 atom stereocenters. The van der Waals surface area contributed by atoms with Gasteiger partial charge in [0.2, 0.25) is 0 Å². The molecule has 0 fully saturated rings. The summed E-state index contributed by atoms with van der Waals surface area (Å²) in [5, 5.41) is 9.04. The maximum absolute atomic E-state index is 11.5. The van der Waals surface area contributed by atoms with Crippen LogP contribution < -0.4 is 16.0 Å². The molecule has 0 spiro atoms. The highest BCUT2D eigenvalue weighted by molar-refractivity contribution is 14.0. The van der Waals surface area contributed by atoms with Gasteiger partial charge in [0.15, 0.2) is 11.7 Å². The van der Waals surface area contributed by atoms with Crippen molar-refractivity contribution in [2.24, 2.45) is 4.99 Å². The second kappa shape index (κ2) is 11.9. The molecule has 20 heavy (non-hydrogen) atoms. The first kappa shape index (κ1) is 19.1. The van der Waals surface area contributed by atoms with E-state index in [1.54, 1.807) is 30.9 Å². The summed E-state index contributed by atoms with van der Waals surface area (Å²) in [4.78, 5) is 15.6. The lowest BCUT2D eigenvalue weighted by molar-refractivity contribution is 0.0926. The quantitative estimate of drug-likeness (QED) is 0.271. The summed E-state index contributed by atoms with van der Waals surface area (Å²) < 4.78 is 4.99. The number of hydrogen-bond acceptors (Lipinski definition) is 4. The molecule has 114 valence electrons. The number of thioether (sulfide) groups is 1. The monoisotopic (exact) mass is 412 g/mol. The summed E-state index contributed by atoms with van der Waals surface area (Å²) >= 11 is 1.77. The minimum absolute atomic E-state index is 0. The fraction of sp³-hybridized carbons (Fsp3) is 0.500. The van der Waals surface area contributed by atoms with Gasteiger partial charge in [0.25, 0.3) is 5.91 Å². The molecular formula is C12H21IN4O2S. The SMILES string of the molecule is CN=C(NCCNC(=O)c1ccco1)NCCSC.I. The van der Waals surface area contributed by atoms with Crippen LogP contribution in [0.1, 0.15) is 10.6 Å². The maximum Gasteiger partial charge on any atom is 0.287 e. The lowest BCUT2D eigenvalue weighted by Crippen LogP contribution is -2.42. The average molecular weight is 412 g/mol. The van der Waals surface area contributed by atoms with E-state index in [-0.39, 0.29) is 29.9 Å². The van der Waals surface area contributed by atoms with E-state index in [0.29, 0.717) is 18.8 Å². The zero-order chi connectivity index (χ0) is 13.9. The number of amides is 1. The number of furan rings is 1. The van der Waals surface area contributed by atoms with Crippen LogP contribution in [0.5, 0.6) is 0 Å². The van der Waals surface area contributed by atoms with E-state index in [4.69, 9.17) is 4.42 Å². The third kappa shape index (κ3) is 7.63. The van der Waals surface area contributed by atoms with Crippen molar-refractivity contribution in [1.29, 1.82) is 0 Å². The molecule has 3 N–H and O–H groups in total. The Morgan fingerprint density at radius 2 is 2.00 bits per heavy atom. The molecule has 8 heteroatoms. The Bertz CT molecular complexity index is 398. The number of halogens is 1. The first-order chi connectivity index (χ1) is 9.27. The number of hydrogen-bond donors (Lipinski definition) is 3. The standard InChI is InChI=1S/C12H20N4O2S.HI/c1-13-12(16-7-9-19-2)15-6-5-14-11(17)10-4-3-8-18-10;/h3-4,8H,5-7,9H2,1-2H3,(H,14,17)(H2,13,15,16);1H. The Kier molecular flexibility index (Phi) is 11.4. The van der Waals surface area contributed by atoms with Gasteiger partial charge in [0, 0.05) is 32.4 Å². The van der Waals surface area contributed by atoms with Crippen molar-refractivity contribution in [3.8, 4) is 0 Å². The highest BCUT2D eigenvalue weighted by atomic mass is 127. The van der Waals surface area contributed by atoms with Crippen molar-refractivity contribution in [3.05, 3.63) is 24.2 Å². The van der Waals surface area contributed by atoms with Gasteiger partial charge in [-0.3, -0.25) is 9.79 Å². The number of aliphatic imine (C=N–C) groups is 1. The Morgan fingerprint density at radius 3 is 2.60 bits per heavy atom. The van der Waals surface area contributed by atoms with Crippen LogP contribution in [0.4, 0.5) is 0 Å². The fourth-order valence-corrected chi connectivity index (χ4v) is 1.65. The third-order valence-corrected chi connectivity index (χ3v) is 2.88. The van der Waals surface area contributed by atoms with E-state index in [1.165, 1.54) is 6.26 Å². The Hall–Kier alpha value is -0.900. The predicted octanol–water partition coefficient (Wildman–Crippen LogP) is 1.16. The molecule has 0 aromatic carbocycles. The molecule has 1 aromatic heterocycles. The average Bonchev–Trinajstić information content (AvgIpc) is 2.95. The van der Waals surface area contributed by atoms with E-state index in [2.05, 4.69) is 27.2 Å². The topological polar surface area (TPSA) is 78.7 Å². The number of carbonyl (C=O) groups excluding carboxylic acids is 1. The molecule has 0 saturated carbocycles. The molecule has 1 amide bonds. The Balaban J connectivity index is 0.00000361. The van der Waals surface area contributed by atoms with E-state index in [0.717, 1.165) is 18.3 Å². The molecule has 1 rings (SSSR count). The lowest BCUT2D eigenvalue weighted by atomic mass is 10.4. The predicted molar refractivity (Wildman–Crippen MR) is 94.2 cm³/mol. The first-order valence-corrected chi connectivity index (χ1v) is 7.42. The van der Waals surface area contributed by atoms with Gasteiger partial charge in [-0.15, -0.1) is 24.0 Å². The van der Waals surface area contributed by atoms with Gasteiger partial charge in [0.05, 0.1) is 6.26 Å². The van der Waals surface area contributed by atoms with E-state index < -0.39 is 0 Å². The first-order valence-electron chi connectivity index (χ1n) is 6.03. The largest absolute Gasteiger partial charge is 0.459 e. The van der Waals surface area contributed by atoms with Crippen molar-refractivity contribution in [3.63, 3.8) is 0 Å². The van der Waals surface area contributed by atoms with E-state index in [1.807, 2.05) is 0 Å². The van der Waals surface area contributed by atoms with Crippen LogP contribution >= 0.6 is 35.7 Å².